The topological polar surface area (TPSA) is 79.9 Å². The Morgan fingerprint density at radius 3 is 3.00 bits per heavy atom. The third-order valence-electron chi connectivity index (χ3n) is 2.78. The maximum absolute atomic E-state index is 11.1. The minimum atomic E-state index is -0.303. The average molecular weight is 286 g/mol. The van der Waals surface area contributed by atoms with E-state index in [0.29, 0.717) is 30.5 Å². The lowest BCUT2D eigenvalue weighted by molar-refractivity contribution is -0.115. The Balaban J connectivity index is 2.27. The van der Waals surface area contributed by atoms with Crippen LogP contribution in [0.5, 0.6) is 5.88 Å². The first-order chi connectivity index (χ1) is 10.1. The van der Waals surface area contributed by atoms with Crippen molar-refractivity contribution in [3.8, 4) is 17.7 Å². The molecule has 110 valence electrons. The monoisotopic (exact) mass is 286 g/mol. The number of ether oxygens (including phenoxy) is 1. The van der Waals surface area contributed by atoms with Crippen LogP contribution >= 0.6 is 0 Å². The van der Waals surface area contributed by atoms with Crippen molar-refractivity contribution < 1.29 is 9.53 Å². The number of amides is 1. The fourth-order valence-corrected chi connectivity index (χ4v) is 1.77. The summed E-state index contributed by atoms with van der Waals surface area (Å²) in [5, 5.41) is 3.28. The van der Waals surface area contributed by atoms with Gasteiger partial charge in [-0.2, -0.15) is 0 Å². The predicted octanol–water partition coefficient (Wildman–Crippen LogP) is 1.28. The van der Waals surface area contributed by atoms with Gasteiger partial charge in [0.15, 0.2) is 0 Å². The number of hydrogen-bond donors (Lipinski definition) is 2. The van der Waals surface area contributed by atoms with E-state index in [9.17, 15) is 4.79 Å². The number of H-pyrrole nitrogens is 1. The summed E-state index contributed by atoms with van der Waals surface area (Å²) in [4.78, 5) is 22.5. The number of carbonyl (C=O) groups excluding carboxylic acids is 1. The van der Waals surface area contributed by atoms with Gasteiger partial charge in [0.2, 0.25) is 5.88 Å². The maximum Gasteiger partial charge on any atom is 0.295 e. The van der Waals surface area contributed by atoms with Crippen molar-refractivity contribution in [3.05, 3.63) is 18.1 Å². The number of aromatic amines is 1. The van der Waals surface area contributed by atoms with Gasteiger partial charge in [-0.05, 0) is 17.4 Å². The molecule has 0 aromatic carbocycles. The van der Waals surface area contributed by atoms with Crippen LogP contribution in [0, 0.1) is 17.8 Å². The summed E-state index contributed by atoms with van der Waals surface area (Å²) in [6.07, 6.45) is 3.72. The molecule has 0 aliphatic carbocycles. The van der Waals surface area contributed by atoms with E-state index in [-0.39, 0.29) is 5.91 Å². The van der Waals surface area contributed by atoms with Gasteiger partial charge in [-0.3, -0.25) is 4.79 Å². The van der Waals surface area contributed by atoms with E-state index in [2.05, 4.69) is 46.0 Å². The first-order valence-corrected chi connectivity index (χ1v) is 6.76. The van der Waals surface area contributed by atoms with E-state index in [1.807, 2.05) is 6.20 Å². The third kappa shape index (κ3) is 3.72. The van der Waals surface area contributed by atoms with Crippen LogP contribution in [-0.2, 0) is 11.2 Å². The zero-order chi connectivity index (χ0) is 15.2. The van der Waals surface area contributed by atoms with Gasteiger partial charge in [-0.1, -0.05) is 19.8 Å². The van der Waals surface area contributed by atoms with Gasteiger partial charge < -0.3 is 15.0 Å². The van der Waals surface area contributed by atoms with E-state index >= 15 is 0 Å². The number of hydrogen-bond acceptors (Lipinski definition) is 4. The van der Waals surface area contributed by atoms with Crippen molar-refractivity contribution in [2.45, 2.75) is 20.3 Å². The highest BCUT2D eigenvalue weighted by molar-refractivity contribution is 5.93. The number of nitrogens with zero attached hydrogens (tertiary/aromatic N) is 2. The van der Waals surface area contributed by atoms with Crippen LogP contribution in [0.25, 0.3) is 11.0 Å². The number of fused-ring (bicyclic) bond motifs is 1. The maximum atomic E-state index is 11.1. The molecule has 1 amide bonds. The molecule has 0 unspecified atom stereocenters. The van der Waals surface area contributed by atoms with E-state index < -0.39 is 0 Å². The average Bonchev–Trinajstić information content (AvgIpc) is 2.88. The van der Waals surface area contributed by atoms with Crippen molar-refractivity contribution in [2.24, 2.45) is 5.92 Å². The van der Waals surface area contributed by atoms with Gasteiger partial charge in [0.1, 0.15) is 12.0 Å². The van der Waals surface area contributed by atoms with Crippen LogP contribution in [0.3, 0.4) is 0 Å². The summed E-state index contributed by atoms with van der Waals surface area (Å²) in [6, 6.07) is 0. The molecule has 6 heteroatoms. The Morgan fingerprint density at radius 2 is 2.29 bits per heavy atom. The molecule has 0 fully saturated rings. The second-order valence-electron chi connectivity index (χ2n) is 4.98. The standard InChI is InChI=1S/C15H18N4O2/c1-10(2)8-21-15-13-11(5-4-6-12(20)16-3)7-17-14(13)18-9-19-15/h7,9-10H,5,8H2,1-3H3,(H,16,20)(H,17,18,19). The first-order valence-electron chi connectivity index (χ1n) is 6.76. The van der Waals surface area contributed by atoms with Crippen molar-refractivity contribution in [2.75, 3.05) is 13.7 Å². The normalized spacial score (nSPS) is 10.3. The summed E-state index contributed by atoms with van der Waals surface area (Å²) >= 11 is 0. The van der Waals surface area contributed by atoms with Crippen molar-refractivity contribution in [3.63, 3.8) is 0 Å². The van der Waals surface area contributed by atoms with Gasteiger partial charge >= 0.3 is 0 Å². The van der Waals surface area contributed by atoms with E-state index in [0.717, 1.165) is 10.9 Å². The number of carbonyl (C=O) groups is 1. The molecule has 2 heterocycles. The molecule has 0 aliphatic heterocycles. The zero-order valence-electron chi connectivity index (χ0n) is 12.4. The van der Waals surface area contributed by atoms with Gasteiger partial charge in [-0.15, -0.1) is 0 Å². The molecule has 0 atom stereocenters. The zero-order valence-corrected chi connectivity index (χ0v) is 12.4. The van der Waals surface area contributed by atoms with Gasteiger partial charge in [0.25, 0.3) is 5.91 Å². The largest absolute Gasteiger partial charge is 0.477 e. The summed E-state index contributed by atoms with van der Waals surface area (Å²) in [6.45, 7) is 4.73. The minimum absolute atomic E-state index is 0.303. The summed E-state index contributed by atoms with van der Waals surface area (Å²) < 4.78 is 5.73. The lowest BCUT2D eigenvalue weighted by Crippen LogP contribution is -2.14. The number of rotatable bonds is 4. The summed E-state index contributed by atoms with van der Waals surface area (Å²) in [5.74, 6) is 5.99. The Morgan fingerprint density at radius 1 is 1.48 bits per heavy atom. The molecule has 0 aliphatic rings. The molecule has 2 rings (SSSR count). The second kappa shape index (κ2) is 6.75. The lowest BCUT2D eigenvalue weighted by atomic mass is 10.2. The number of aromatic nitrogens is 3. The van der Waals surface area contributed by atoms with Crippen molar-refractivity contribution in [1.29, 1.82) is 0 Å². The molecule has 0 saturated carbocycles. The van der Waals surface area contributed by atoms with Crippen LogP contribution < -0.4 is 10.1 Å². The highest BCUT2D eigenvalue weighted by atomic mass is 16.5. The van der Waals surface area contributed by atoms with Crippen molar-refractivity contribution >= 4 is 16.9 Å². The molecular weight excluding hydrogens is 268 g/mol. The summed E-state index contributed by atoms with van der Waals surface area (Å²) in [7, 11) is 1.55. The molecule has 0 spiro atoms. The van der Waals surface area contributed by atoms with Gasteiger partial charge in [0, 0.05) is 19.7 Å². The molecule has 0 saturated heterocycles. The molecule has 2 aromatic heterocycles. The molecule has 2 aromatic rings. The van der Waals surface area contributed by atoms with Crippen LogP contribution in [-0.4, -0.2) is 34.5 Å². The van der Waals surface area contributed by atoms with Gasteiger partial charge in [-0.25, -0.2) is 9.97 Å². The Bertz CT molecular complexity index is 694. The minimum Gasteiger partial charge on any atom is -0.477 e. The molecule has 2 N–H and O–H groups in total. The van der Waals surface area contributed by atoms with E-state index in [1.54, 1.807) is 7.05 Å². The highest BCUT2D eigenvalue weighted by Crippen LogP contribution is 2.25. The highest BCUT2D eigenvalue weighted by Gasteiger charge is 2.12. The van der Waals surface area contributed by atoms with Gasteiger partial charge in [0.05, 0.1) is 12.0 Å². The van der Waals surface area contributed by atoms with Crippen LogP contribution in [0.15, 0.2) is 12.5 Å². The van der Waals surface area contributed by atoms with Crippen LogP contribution in [0.2, 0.25) is 0 Å². The molecular formula is C15H18N4O2. The molecule has 6 nitrogen and oxygen atoms in total. The molecule has 21 heavy (non-hydrogen) atoms. The lowest BCUT2D eigenvalue weighted by Gasteiger charge is -2.08. The fraction of sp³-hybridized carbons (Fsp3) is 0.400. The Hall–Kier alpha value is -2.55. The molecule has 0 bridgehead atoms. The third-order valence-corrected chi connectivity index (χ3v) is 2.78. The van der Waals surface area contributed by atoms with Crippen molar-refractivity contribution in [1.82, 2.24) is 20.3 Å². The van der Waals surface area contributed by atoms with E-state index in [1.165, 1.54) is 6.33 Å². The predicted molar refractivity (Wildman–Crippen MR) is 79.8 cm³/mol. The Kier molecular flexibility index (Phi) is 4.77. The summed E-state index contributed by atoms with van der Waals surface area (Å²) in [5.41, 5.74) is 1.63. The molecule has 0 radical (unpaired) electrons. The van der Waals surface area contributed by atoms with Crippen LogP contribution in [0.1, 0.15) is 19.4 Å². The Labute approximate surface area is 123 Å². The number of nitrogens with one attached hydrogen (secondary N) is 2. The van der Waals surface area contributed by atoms with Crippen LogP contribution in [0.4, 0.5) is 0 Å². The fourth-order valence-electron chi connectivity index (χ4n) is 1.77. The smallest absolute Gasteiger partial charge is 0.295 e. The second-order valence-corrected chi connectivity index (χ2v) is 4.98. The first kappa shape index (κ1) is 14.9. The SMILES string of the molecule is CNC(=O)C#CCc1c[nH]c2ncnc(OCC(C)C)c12. The van der Waals surface area contributed by atoms with E-state index in [4.69, 9.17) is 4.74 Å². The quantitative estimate of drug-likeness (QED) is 0.830.